The Morgan fingerprint density at radius 3 is 3.10 bits per heavy atom. The summed E-state index contributed by atoms with van der Waals surface area (Å²) in [4.78, 5) is 13.3. The Morgan fingerprint density at radius 1 is 1.57 bits per heavy atom. The topological polar surface area (TPSA) is 64.4 Å². The van der Waals surface area contributed by atoms with Crippen LogP contribution in [0.1, 0.15) is 29.0 Å². The van der Waals surface area contributed by atoms with E-state index in [4.69, 9.17) is 9.26 Å². The highest BCUT2D eigenvalue weighted by Gasteiger charge is 2.24. The van der Waals surface area contributed by atoms with Crippen molar-refractivity contribution in [1.82, 2.24) is 10.5 Å². The van der Waals surface area contributed by atoms with E-state index in [2.05, 4.69) is 26.4 Å². The van der Waals surface area contributed by atoms with E-state index in [1.807, 2.05) is 12.1 Å². The molecule has 2 aromatic rings. The minimum absolute atomic E-state index is 0.119. The molecule has 0 bridgehead atoms. The van der Waals surface area contributed by atoms with Crippen LogP contribution in [0.3, 0.4) is 0 Å². The summed E-state index contributed by atoms with van der Waals surface area (Å²) in [6, 6.07) is 3.85. The van der Waals surface area contributed by atoms with Gasteiger partial charge in [0.25, 0.3) is 5.91 Å². The van der Waals surface area contributed by atoms with E-state index >= 15 is 0 Å². The summed E-state index contributed by atoms with van der Waals surface area (Å²) in [6.07, 6.45) is 2.17. The molecule has 1 saturated heterocycles. The van der Waals surface area contributed by atoms with Crippen LogP contribution in [0, 0.1) is 6.92 Å². The zero-order valence-corrected chi connectivity index (χ0v) is 13.9. The van der Waals surface area contributed by atoms with E-state index in [0.29, 0.717) is 23.6 Å². The van der Waals surface area contributed by atoms with Gasteiger partial charge in [0.2, 0.25) is 0 Å². The van der Waals surface area contributed by atoms with Gasteiger partial charge in [0, 0.05) is 13.2 Å². The van der Waals surface area contributed by atoms with Gasteiger partial charge in [-0.3, -0.25) is 4.79 Å². The average molecular weight is 371 g/mol. The SMILES string of the molecule is Cc1onc(-c2ccc(Br)s2)c1C(=O)NC[C@@H]1CCCO1. The van der Waals surface area contributed by atoms with Crippen LogP contribution in [-0.4, -0.2) is 30.3 Å². The highest BCUT2D eigenvalue weighted by atomic mass is 79.9. The quantitative estimate of drug-likeness (QED) is 0.895. The van der Waals surface area contributed by atoms with Crippen molar-refractivity contribution in [3.8, 4) is 10.6 Å². The molecule has 1 atom stereocenters. The standard InChI is InChI=1S/C14H15BrN2O3S/c1-8-12(14(18)16-7-9-3-2-6-19-9)13(17-20-8)10-4-5-11(15)21-10/h4-5,9H,2-3,6-7H2,1H3,(H,16,18)/t9-/m0/s1. The first kappa shape index (κ1) is 14.7. The second-order valence-electron chi connectivity index (χ2n) is 4.91. The third-order valence-corrected chi connectivity index (χ3v) is 5.04. The fourth-order valence-electron chi connectivity index (χ4n) is 2.35. The van der Waals surface area contributed by atoms with Crippen molar-refractivity contribution in [2.24, 2.45) is 0 Å². The van der Waals surface area contributed by atoms with Gasteiger partial charge in [-0.05, 0) is 47.8 Å². The van der Waals surface area contributed by atoms with Crippen LogP contribution in [0.15, 0.2) is 20.4 Å². The molecule has 1 aliphatic rings. The number of thiophene rings is 1. The van der Waals surface area contributed by atoms with Crippen molar-refractivity contribution in [3.63, 3.8) is 0 Å². The van der Waals surface area contributed by atoms with Gasteiger partial charge >= 0.3 is 0 Å². The van der Waals surface area contributed by atoms with Gasteiger partial charge in [0.05, 0.1) is 14.8 Å². The molecule has 1 N–H and O–H groups in total. The summed E-state index contributed by atoms with van der Waals surface area (Å²) in [5.41, 5.74) is 1.09. The molecule has 1 amide bonds. The minimum atomic E-state index is -0.163. The molecule has 3 rings (SSSR count). The molecule has 5 nitrogen and oxygen atoms in total. The predicted octanol–water partition coefficient (Wildman–Crippen LogP) is 3.38. The van der Waals surface area contributed by atoms with Gasteiger partial charge in [-0.15, -0.1) is 11.3 Å². The number of nitrogens with zero attached hydrogens (tertiary/aromatic N) is 1. The molecule has 0 radical (unpaired) electrons. The molecular formula is C14H15BrN2O3S. The molecule has 0 aliphatic carbocycles. The minimum Gasteiger partial charge on any atom is -0.376 e. The Balaban J connectivity index is 1.77. The predicted molar refractivity (Wildman–Crippen MR) is 83.6 cm³/mol. The monoisotopic (exact) mass is 370 g/mol. The maximum absolute atomic E-state index is 12.4. The first-order valence-corrected chi connectivity index (χ1v) is 8.38. The number of ether oxygens (including phenoxy) is 1. The van der Waals surface area contributed by atoms with Crippen LogP contribution in [0.4, 0.5) is 0 Å². The fraction of sp³-hybridized carbons (Fsp3) is 0.429. The molecule has 1 aliphatic heterocycles. The number of hydrogen-bond acceptors (Lipinski definition) is 5. The molecule has 0 unspecified atom stereocenters. The molecule has 21 heavy (non-hydrogen) atoms. The van der Waals surface area contributed by atoms with E-state index in [9.17, 15) is 4.79 Å². The van der Waals surface area contributed by atoms with Crippen molar-refractivity contribution in [1.29, 1.82) is 0 Å². The maximum atomic E-state index is 12.4. The van der Waals surface area contributed by atoms with Crippen molar-refractivity contribution >= 4 is 33.2 Å². The molecule has 2 aromatic heterocycles. The molecule has 0 saturated carbocycles. The Bertz CT molecular complexity index is 646. The van der Waals surface area contributed by atoms with Crippen LogP contribution in [-0.2, 0) is 4.74 Å². The maximum Gasteiger partial charge on any atom is 0.257 e. The number of carbonyl (C=O) groups excluding carboxylic acids is 1. The summed E-state index contributed by atoms with van der Waals surface area (Å²) in [7, 11) is 0. The number of hydrogen-bond donors (Lipinski definition) is 1. The van der Waals surface area contributed by atoms with Crippen LogP contribution in [0.2, 0.25) is 0 Å². The lowest BCUT2D eigenvalue weighted by molar-refractivity contribution is 0.0857. The van der Waals surface area contributed by atoms with Crippen LogP contribution in [0.5, 0.6) is 0 Å². The van der Waals surface area contributed by atoms with Gasteiger partial charge in [0.15, 0.2) is 0 Å². The molecular weight excluding hydrogens is 356 g/mol. The number of aryl methyl sites for hydroxylation is 1. The fourth-order valence-corrected chi connectivity index (χ4v) is 3.72. The van der Waals surface area contributed by atoms with Gasteiger partial charge in [0.1, 0.15) is 17.0 Å². The summed E-state index contributed by atoms with van der Waals surface area (Å²) >= 11 is 4.93. The Morgan fingerprint density at radius 2 is 2.43 bits per heavy atom. The number of nitrogens with one attached hydrogen (secondary N) is 1. The van der Waals surface area contributed by atoms with Crippen LogP contribution in [0.25, 0.3) is 10.6 Å². The third kappa shape index (κ3) is 3.20. The molecule has 1 fully saturated rings. The van der Waals surface area contributed by atoms with E-state index in [1.165, 1.54) is 11.3 Å². The molecule has 112 valence electrons. The first-order valence-electron chi connectivity index (χ1n) is 6.77. The highest BCUT2D eigenvalue weighted by molar-refractivity contribution is 9.11. The van der Waals surface area contributed by atoms with E-state index in [1.54, 1.807) is 6.92 Å². The average Bonchev–Trinajstić information content (AvgIpc) is 3.17. The second kappa shape index (κ2) is 6.29. The van der Waals surface area contributed by atoms with E-state index < -0.39 is 0 Å². The lowest BCUT2D eigenvalue weighted by atomic mass is 10.1. The summed E-state index contributed by atoms with van der Waals surface area (Å²) in [5.74, 6) is 0.364. The van der Waals surface area contributed by atoms with Crippen molar-refractivity contribution in [2.45, 2.75) is 25.9 Å². The normalized spacial score (nSPS) is 18.1. The number of rotatable bonds is 4. The lowest BCUT2D eigenvalue weighted by Gasteiger charge is -2.10. The second-order valence-corrected chi connectivity index (χ2v) is 7.37. The zero-order valence-electron chi connectivity index (χ0n) is 11.5. The summed E-state index contributed by atoms with van der Waals surface area (Å²) in [6.45, 7) is 3.05. The van der Waals surface area contributed by atoms with E-state index in [0.717, 1.165) is 28.1 Å². The van der Waals surface area contributed by atoms with Gasteiger partial charge in [-0.25, -0.2) is 0 Å². The van der Waals surface area contributed by atoms with Gasteiger partial charge in [-0.2, -0.15) is 0 Å². The summed E-state index contributed by atoms with van der Waals surface area (Å²) in [5, 5.41) is 6.94. The number of aromatic nitrogens is 1. The Hall–Kier alpha value is -1.18. The zero-order chi connectivity index (χ0) is 14.8. The highest BCUT2D eigenvalue weighted by Crippen LogP contribution is 2.33. The van der Waals surface area contributed by atoms with Gasteiger partial charge < -0.3 is 14.6 Å². The van der Waals surface area contributed by atoms with Crippen molar-refractivity contribution in [3.05, 3.63) is 27.2 Å². The molecule has 7 heteroatoms. The Kier molecular flexibility index (Phi) is 4.42. The molecule has 0 spiro atoms. The van der Waals surface area contributed by atoms with Crippen molar-refractivity contribution < 1.29 is 14.1 Å². The Labute approximate surface area is 134 Å². The van der Waals surface area contributed by atoms with E-state index in [-0.39, 0.29) is 12.0 Å². The smallest absolute Gasteiger partial charge is 0.257 e. The number of halogens is 1. The number of amides is 1. The van der Waals surface area contributed by atoms with Gasteiger partial charge in [-0.1, -0.05) is 5.16 Å². The van der Waals surface area contributed by atoms with Crippen LogP contribution >= 0.6 is 27.3 Å². The lowest BCUT2D eigenvalue weighted by Crippen LogP contribution is -2.32. The number of carbonyl (C=O) groups is 1. The largest absolute Gasteiger partial charge is 0.376 e. The molecule has 0 aromatic carbocycles. The molecule has 3 heterocycles. The van der Waals surface area contributed by atoms with Crippen molar-refractivity contribution in [2.75, 3.05) is 13.2 Å². The van der Waals surface area contributed by atoms with Crippen LogP contribution < -0.4 is 5.32 Å². The summed E-state index contributed by atoms with van der Waals surface area (Å²) < 4.78 is 11.7. The first-order chi connectivity index (χ1) is 10.1. The third-order valence-electron chi connectivity index (χ3n) is 3.41.